The van der Waals surface area contributed by atoms with Crippen LogP contribution < -0.4 is 4.90 Å². The highest BCUT2D eigenvalue weighted by atomic mass is 16.4. The Hall–Kier alpha value is -1.78. The molecule has 0 spiro atoms. The Labute approximate surface area is 118 Å². The van der Waals surface area contributed by atoms with Crippen molar-refractivity contribution in [3.63, 3.8) is 0 Å². The van der Waals surface area contributed by atoms with Crippen LogP contribution in [0.2, 0.25) is 0 Å². The van der Waals surface area contributed by atoms with Crippen LogP contribution in [0.5, 0.6) is 0 Å². The van der Waals surface area contributed by atoms with Crippen molar-refractivity contribution in [2.24, 2.45) is 11.8 Å². The van der Waals surface area contributed by atoms with Gasteiger partial charge in [0.2, 0.25) is 0 Å². The molecule has 3 fully saturated rings. The van der Waals surface area contributed by atoms with Crippen LogP contribution in [0, 0.1) is 11.8 Å². The number of carbonyl (C=O) groups is 1. The van der Waals surface area contributed by atoms with E-state index in [-0.39, 0.29) is 0 Å². The molecule has 0 aromatic carbocycles. The summed E-state index contributed by atoms with van der Waals surface area (Å²) in [6.45, 7) is 3.24. The van der Waals surface area contributed by atoms with E-state index in [2.05, 4.69) is 22.0 Å². The molecule has 1 amide bonds. The number of nitrogens with zero attached hydrogens (tertiary/aromatic N) is 3. The zero-order valence-electron chi connectivity index (χ0n) is 11.4. The minimum Gasteiger partial charge on any atom is -0.465 e. The zero-order chi connectivity index (χ0) is 13.7. The number of likely N-dealkylation sites (tertiary alicyclic amines) is 1. The first kappa shape index (κ1) is 12.0. The minimum atomic E-state index is -0.778. The Bertz CT molecular complexity index is 530. The average Bonchev–Trinajstić information content (AvgIpc) is 3.09. The number of pyridine rings is 1. The van der Waals surface area contributed by atoms with Crippen molar-refractivity contribution in [1.29, 1.82) is 0 Å². The van der Waals surface area contributed by atoms with E-state index in [0.717, 1.165) is 24.8 Å². The molecule has 1 aromatic rings. The first-order valence-corrected chi connectivity index (χ1v) is 7.39. The van der Waals surface area contributed by atoms with Crippen molar-refractivity contribution in [3.8, 4) is 0 Å². The van der Waals surface area contributed by atoms with Crippen LogP contribution in [0.15, 0.2) is 18.3 Å². The summed E-state index contributed by atoms with van der Waals surface area (Å²) in [7, 11) is 0. The molecule has 3 aliphatic rings. The second-order valence-corrected chi connectivity index (χ2v) is 6.33. The van der Waals surface area contributed by atoms with Crippen LogP contribution >= 0.6 is 0 Å². The number of hydrogen-bond acceptors (Lipinski definition) is 3. The van der Waals surface area contributed by atoms with Crippen molar-refractivity contribution < 1.29 is 9.90 Å². The van der Waals surface area contributed by atoms with Crippen LogP contribution in [-0.2, 0) is 0 Å². The molecular formula is C15H19N3O2. The van der Waals surface area contributed by atoms with Gasteiger partial charge in [-0.2, -0.15) is 0 Å². The molecule has 2 saturated heterocycles. The van der Waals surface area contributed by atoms with Gasteiger partial charge in [-0.3, -0.25) is 0 Å². The number of hydrogen-bond donors (Lipinski definition) is 1. The van der Waals surface area contributed by atoms with Crippen LogP contribution in [0.25, 0.3) is 0 Å². The minimum absolute atomic E-state index is 0.470. The van der Waals surface area contributed by atoms with Crippen LogP contribution in [0.1, 0.15) is 24.3 Å². The molecule has 0 bridgehead atoms. The topological polar surface area (TPSA) is 56.7 Å². The van der Waals surface area contributed by atoms with E-state index in [1.54, 1.807) is 4.90 Å². The number of rotatable bonds is 2. The maximum Gasteiger partial charge on any atom is 0.407 e. The maximum absolute atomic E-state index is 11.0. The average molecular weight is 273 g/mol. The summed E-state index contributed by atoms with van der Waals surface area (Å²) in [6, 6.07) is 4.36. The molecule has 0 radical (unpaired) electrons. The fourth-order valence-corrected chi connectivity index (χ4v) is 3.61. The first-order valence-electron chi connectivity index (χ1n) is 7.39. The fraction of sp³-hybridized carbons (Fsp3) is 0.600. The summed E-state index contributed by atoms with van der Waals surface area (Å²) in [5.41, 5.74) is 1.42. The third kappa shape index (κ3) is 2.01. The molecule has 0 unspecified atom stereocenters. The molecule has 1 N–H and O–H groups in total. The summed E-state index contributed by atoms with van der Waals surface area (Å²) >= 11 is 0. The second-order valence-electron chi connectivity index (χ2n) is 6.33. The summed E-state index contributed by atoms with van der Waals surface area (Å²) in [5, 5.41) is 9.06. The molecule has 2 aliphatic heterocycles. The lowest BCUT2D eigenvalue weighted by Gasteiger charge is -2.21. The fourth-order valence-electron chi connectivity index (χ4n) is 3.61. The predicted octanol–water partition coefficient (Wildman–Crippen LogP) is 2.00. The monoisotopic (exact) mass is 273 g/mol. The number of anilines is 1. The summed E-state index contributed by atoms with van der Waals surface area (Å²) in [4.78, 5) is 19.4. The molecule has 106 valence electrons. The highest BCUT2D eigenvalue weighted by molar-refractivity contribution is 5.65. The number of carboxylic acid groups (broad SMARTS) is 1. The van der Waals surface area contributed by atoms with Crippen molar-refractivity contribution in [2.75, 3.05) is 31.1 Å². The lowest BCUT2D eigenvalue weighted by Crippen LogP contribution is -2.32. The van der Waals surface area contributed by atoms with Gasteiger partial charge in [0.05, 0.1) is 0 Å². The van der Waals surface area contributed by atoms with Crippen molar-refractivity contribution in [1.82, 2.24) is 9.88 Å². The van der Waals surface area contributed by atoms with E-state index in [1.165, 1.54) is 18.4 Å². The maximum atomic E-state index is 11.0. The summed E-state index contributed by atoms with van der Waals surface area (Å²) in [6.07, 6.45) is 3.75. The molecule has 5 heteroatoms. The number of aromatic nitrogens is 1. The molecule has 2 atom stereocenters. The van der Waals surface area contributed by atoms with Gasteiger partial charge in [0.1, 0.15) is 5.82 Å². The Morgan fingerprint density at radius 2 is 1.90 bits per heavy atom. The normalized spacial score (nSPS) is 28.8. The highest BCUT2D eigenvalue weighted by Gasteiger charge is 2.42. The molecule has 5 nitrogen and oxygen atoms in total. The number of fused-ring (bicyclic) bond motifs is 1. The van der Waals surface area contributed by atoms with Gasteiger partial charge < -0.3 is 14.9 Å². The highest BCUT2D eigenvalue weighted by Crippen LogP contribution is 2.41. The Kier molecular flexibility index (Phi) is 2.62. The van der Waals surface area contributed by atoms with Crippen LogP contribution in [0.3, 0.4) is 0 Å². The third-order valence-electron chi connectivity index (χ3n) is 4.90. The van der Waals surface area contributed by atoms with Crippen LogP contribution in [-0.4, -0.2) is 47.3 Å². The molecule has 1 aliphatic carbocycles. The molecule has 3 heterocycles. The smallest absolute Gasteiger partial charge is 0.407 e. The van der Waals surface area contributed by atoms with Gasteiger partial charge in [0.15, 0.2) is 0 Å². The molecule has 1 saturated carbocycles. The first-order chi connectivity index (χ1) is 9.70. The van der Waals surface area contributed by atoms with Gasteiger partial charge in [-0.05, 0) is 36.5 Å². The third-order valence-corrected chi connectivity index (χ3v) is 4.90. The lowest BCUT2D eigenvalue weighted by atomic mass is 10.0. The van der Waals surface area contributed by atoms with Crippen molar-refractivity contribution in [2.45, 2.75) is 18.8 Å². The standard InChI is InChI=1S/C15H19N3O2/c19-15(20)18-8-12-6-17(7-13(12)9-18)14-5-11(3-4-16-14)10-1-2-10/h3-5,10,12-13H,1-2,6-9H2,(H,19,20)/t12-,13+. The Morgan fingerprint density at radius 1 is 1.20 bits per heavy atom. The van der Waals surface area contributed by atoms with E-state index in [9.17, 15) is 4.79 Å². The SMILES string of the molecule is O=C(O)N1C[C@@H]2CN(c3cc(C4CC4)ccn3)C[C@@H]2C1. The largest absolute Gasteiger partial charge is 0.465 e. The van der Waals surface area contributed by atoms with E-state index >= 15 is 0 Å². The van der Waals surface area contributed by atoms with Gasteiger partial charge in [-0.25, -0.2) is 9.78 Å². The number of amides is 1. The van der Waals surface area contributed by atoms with Gasteiger partial charge >= 0.3 is 6.09 Å². The molecule has 20 heavy (non-hydrogen) atoms. The predicted molar refractivity (Wildman–Crippen MR) is 75.0 cm³/mol. The Morgan fingerprint density at radius 3 is 2.50 bits per heavy atom. The molecule has 4 rings (SSSR count). The van der Waals surface area contributed by atoms with Gasteiger partial charge in [-0.15, -0.1) is 0 Å². The van der Waals surface area contributed by atoms with E-state index < -0.39 is 6.09 Å². The van der Waals surface area contributed by atoms with Crippen LogP contribution in [0.4, 0.5) is 10.6 Å². The van der Waals surface area contributed by atoms with Gasteiger partial charge in [0.25, 0.3) is 0 Å². The van der Waals surface area contributed by atoms with Crippen molar-refractivity contribution >= 4 is 11.9 Å². The summed E-state index contributed by atoms with van der Waals surface area (Å²) in [5.74, 6) is 2.77. The van der Waals surface area contributed by atoms with Gasteiger partial charge in [-0.1, -0.05) is 0 Å². The van der Waals surface area contributed by atoms with E-state index in [0.29, 0.717) is 24.9 Å². The molecular weight excluding hydrogens is 254 g/mol. The zero-order valence-corrected chi connectivity index (χ0v) is 11.4. The molecule has 1 aromatic heterocycles. The van der Waals surface area contributed by atoms with Crippen molar-refractivity contribution in [3.05, 3.63) is 23.9 Å². The van der Waals surface area contributed by atoms with Gasteiger partial charge in [0, 0.05) is 44.2 Å². The quantitative estimate of drug-likeness (QED) is 0.895. The van der Waals surface area contributed by atoms with E-state index in [4.69, 9.17) is 5.11 Å². The Balaban J connectivity index is 1.47. The summed E-state index contributed by atoms with van der Waals surface area (Å²) < 4.78 is 0. The van der Waals surface area contributed by atoms with E-state index in [1.807, 2.05) is 6.20 Å². The second kappa shape index (κ2) is 4.36. The lowest BCUT2D eigenvalue weighted by molar-refractivity contribution is 0.153.